The van der Waals surface area contributed by atoms with Crippen LogP contribution in [0.2, 0.25) is 0 Å². The van der Waals surface area contributed by atoms with Crippen LogP contribution < -0.4 is 5.32 Å². The molecule has 0 saturated heterocycles. The number of phenols is 1. The fourth-order valence-electron chi connectivity index (χ4n) is 2.47. The molecule has 5 heteroatoms. The number of nitriles is 1. The van der Waals surface area contributed by atoms with Gasteiger partial charge in [-0.2, -0.15) is 5.26 Å². The Balaban J connectivity index is 1.94. The average molecular weight is 393 g/mol. The van der Waals surface area contributed by atoms with Gasteiger partial charge >= 0.3 is 0 Å². The van der Waals surface area contributed by atoms with Crippen LogP contribution in [-0.2, 0) is 4.79 Å². The molecule has 2 N–H and O–H groups in total. The molecule has 0 bridgehead atoms. The average Bonchev–Trinajstić information content (AvgIpc) is 2.62. The molecule has 4 nitrogen and oxygen atoms in total. The third-order valence-corrected chi connectivity index (χ3v) is 4.19. The van der Waals surface area contributed by atoms with Crippen molar-refractivity contribution >= 4 is 44.4 Å². The molecule has 0 radical (unpaired) electrons. The molecule has 3 rings (SSSR count). The van der Waals surface area contributed by atoms with Crippen molar-refractivity contribution in [3.05, 3.63) is 76.3 Å². The van der Waals surface area contributed by atoms with E-state index in [0.29, 0.717) is 11.3 Å². The van der Waals surface area contributed by atoms with Crippen molar-refractivity contribution in [2.24, 2.45) is 0 Å². The van der Waals surface area contributed by atoms with Crippen LogP contribution in [0.25, 0.3) is 16.8 Å². The van der Waals surface area contributed by atoms with Gasteiger partial charge in [0, 0.05) is 21.1 Å². The predicted octanol–water partition coefficient (Wildman–Crippen LogP) is 4.85. The van der Waals surface area contributed by atoms with Crippen LogP contribution in [0.4, 0.5) is 5.69 Å². The van der Waals surface area contributed by atoms with E-state index in [4.69, 9.17) is 0 Å². The van der Waals surface area contributed by atoms with E-state index >= 15 is 0 Å². The molecule has 0 aliphatic rings. The number of hydrogen-bond donors (Lipinski definition) is 2. The van der Waals surface area contributed by atoms with Crippen LogP contribution in [0, 0.1) is 11.3 Å². The standard InChI is InChI=1S/C20H13BrN2O2/c21-16-8-9-19(24)14(11-16)10-15(12-22)20(25)23-18-7-3-5-13-4-1-2-6-17(13)18/h1-11,24H,(H,23,25). The summed E-state index contributed by atoms with van der Waals surface area (Å²) in [6.45, 7) is 0. The summed E-state index contributed by atoms with van der Waals surface area (Å²) in [6, 6.07) is 19.9. The van der Waals surface area contributed by atoms with Crippen LogP contribution >= 0.6 is 15.9 Å². The van der Waals surface area contributed by atoms with Crippen molar-refractivity contribution < 1.29 is 9.90 Å². The maximum Gasteiger partial charge on any atom is 0.266 e. The summed E-state index contributed by atoms with van der Waals surface area (Å²) < 4.78 is 0.739. The lowest BCUT2D eigenvalue weighted by atomic mass is 10.1. The van der Waals surface area contributed by atoms with E-state index in [1.165, 1.54) is 12.1 Å². The maximum atomic E-state index is 12.5. The van der Waals surface area contributed by atoms with Gasteiger partial charge in [-0.1, -0.05) is 52.3 Å². The highest BCUT2D eigenvalue weighted by molar-refractivity contribution is 9.10. The largest absolute Gasteiger partial charge is 0.507 e. The Hall–Kier alpha value is -3.10. The third-order valence-electron chi connectivity index (χ3n) is 3.69. The van der Waals surface area contributed by atoms with Crippen LogP contribution in [0.15, 0.2) is 70.7 Å². The van der Waals surface area contributed by atoms with Gasteiger partial charge in [0.2, 0.25) is 0 Å². The lowest BCUT2D eigenvalue weighted by Crippen LogP contribution is -2.13. The van der Waals surface area contributed by atoms with Crippen molar-refractivity contribution in [1.29, 1.82) is 5.26 Å². The number of nitrogens with zero attached hydrogens (tertiary/aromatic N) is 1. The first kappa shape index (κ1) is 16.7. The van der Waals surface area contributed by atoms with Crippen LogP contribution in [0.1, 0.15) is 5.56 Å². The summed E-state index contributed by atoms with van der Waals surface area (Å²) in [6.07, 6.45) is 1.36. The summed E-state index contributed by atoms with van der Waals surface area (Å²) in [5, 5.41) is 23.9. The Kier molecular flexibility index (Phi) is 4.82. The van der Waals surface area contributed by atoms with Crippen LogP contribution in [-0.4, -0.2) is 11.0 Å². The molecular weight excluding hydrogens is 380 g/mol. The van der Waals surface area contributed by atoms with E-state index in [1.807, 2.05) is 42.5 Å². The lowest BCUT2D eigenvalue weighted by Gasteiger charge is -2.08. The van der Waals surface area contributed by atoms with E-state index in [1.54, 1.807) is 18.2 Å². The molecule has 3 aromatic rings. The van der Waals surface area contributed by atoms with E-state index in [-0.39, 0.29) is 11.3 Å². The second-order valence-electron chi connectivity index (χ2n) is 5.35. The zero-order valence-corrected chi connectivity index (χ0v) is 14.6. The molecule has 122 valence electrons. The fraction of sp³-hybridized carbons (Fsp3) is 0. The number of nitrogens with one attached hydrogen (secondary N) is 1. The number of carbonyl (C=O) groups is 1. The predicted molar refractivity (Wildman–Crippen MR) is 102 cm³/mol. The molecule has 1 amide bonds. The minimum atomic E-state index is -0.529. The second kappa shape index (κ2) is 7.20. The Morgan fingerprint density at radius 1 is 1.12 bits per heavy atom. The zero-order chi connectivity index (χ0) is 17.8. The minimum absolute atomic E-state index is 0.00564. The normalized spacial score (nSPS) is 11.1. The smallest absolute Gasteiger partial charge is 0.266 e. The molecule has 0 atom stereocenters. The number of carbonyl (C=O) groups excluding carboxylic acids is 1. The number of aromatic hydroxyl groups is 1. The van der Waals surface area contributed by atoms with Crippen LogP contribution in [0.5, 0.6) is 5.75 Å². The van der Waals surface area contributed by atoms with Crippen molar-refractivity contribution in [3.63, 3.8) is 0 Å². The molecule has 3 aromatic carbocycles. The molecule has 0 aliphatic carbocycles. The number of phenolic OH excluding ortho intramolecular Hbond substituents is 1. The Morgan fingerprint density at radius 2 is 1.88 bits per heavy atom. The molecule has 0 heterocycles. The fourth-order valence-corrected chi connectivity index (χ4v) is 2.85. The highest BCUT2D eigenvalue weighted by Gasteiger charge is 2.12. The van der Waals surface area contributed by atoms with Gasteiger partial charge in [0.15, 0.2) is 0 Å². The molecule has 25 heavy (non-hydrogen) atoms. The zero-order valence-electron chi connectivity index (χ0n) is 13.0. The number of halogens is 1. The van der Waals surface area contributed by atoms with Gasteiger partial charge in [0.05, 0.1) is 0 Å². The quantitative estimate of drug-likeness (QED) is 0.493. The SMILES string of the molecule is N#CC(=Cc1cc(Br)ccc1O)C(=O)Nc1cccc2ccccc12. The number of rotatable bonds is 3. The number of fused-ring (bicyclic) bond motifs is 1. The van der Waals surface area contributed by atoms with Crippen molar-refractivity contribution in [3.8, 4) is 11.8 Å². The lowest BCUT2D eigenvalue weighted by molar-refractivity contribution is -0.112. The van der Waals surface area contributed by atoms with Gasteiger partial charge < -0.3 is 10.4 Å². The van der Waals surface area contributed by atoms with E-state index < -0.39 is 5.91 Å². The summed E-state index contributed by atoms with van der Waals surface area (Å²) in [5.74, 6) is -0.535. The van der Waals surface area contributed by atoms with Gasteiger partial charge in [0.25, 0.3) is 5.91 Å². The third kappa shape index (κ3) is 3.70. The Labute approximate surface area is 153 Å². The summed E-state index contributed by atoms with van der Waals surface area (Å²) >= 11 is 3.30. The van der Waals surface area contributed by atoms with E-state index in [0.717, 1.165) is 15.2 Å². The number of hydrogen-bond acceptors (Lipinski definition) is 3. The van der Waals surface area contributed by atoms with Gasteiger partial charge in [-0.3, -0.25) is 4.79 Å². The molecule has 0 aliphatic heterocycles. The number of benzene rings is 3. The second-order valence-corrected chi connectivity index (χ2v) is 6.27. The monoisotopic (exact) mass is 392 g/mol. The molecule has 0 aromatic heterocycles. The molecule has 0 fully saturated rings. The Bertz CT molecular complexity index is 1030. The van der Waals surface area contributed by atoms with Gasteiger partial charge in [-0.15, -0.1) is 0 Å². The van der Waals surface area contributed by atoms with Crippen molar-refractivity contribution in [1.82, 2.24) is 0 Å². The highest BCUT2D eigenvalue weighted by Crippen LogP contribution is 2.26. The molecule has 0 saturated carbocycles. The first-order chi connectivity index (χ1) is 12.1. The summed E-state index contributed by atoms with van der Waals surface area (Å²) in [7, 11) is 0. The van der Waals surface area contributed by atoms with Crippen molar-refractivity contribution in [2.45, 2.75) is 0 Å². The van der Waals surface area contributed by atoms with Gasteiger partial charge in [-0.25, -0.2) is 0 Å². The van der Waals surface area contributed by atoms with E-state index in [9.17, 15) is 15.2 Å². The molecule has 0 unspecified atom stereocenters. The summed E-state index contributed by atoms with van der Waals surface area (Å²) in [4.78, 5) is 12.5. The summed E-state index contributed by atoms with van der Waals surface area (Å²) in [5.41, 5.74) is 0.919. The van der Waals surface area contributed by atoms with Gasteiger partial charge in [0.1, 0.15) is 17.4 Å². The first-order valence-electron chi connectivity index (χ1n) is 7.48. The highest BCUT2D eigenvalue weighted by atomic mass is 79.9. The minimum Gasteiger partial charge on any atom is -0.507 e. The molecule has 0 spiro atoms. The first-order valence-corrected chi connectivity index (χ1v) is 8.27. The number of amides is 1. The van der Waals surface area contributed by atoms with E-state index in [2.05, 4.69) is 21.2 Å². The maximum absolute atomic E-state index is 12.5. The van der Waals surface area contributed by atoms with Crippen molar-refractivity contribution in [2.75, 3.05) is 5.32 Å². The van der Waals surface area contributed by atoms with Gasteiger partial charge in [-0.05, 0) is 35.7 Å². The number of anilines is 1. The topological polar surface area (TPSA) is 73.1 Å². The van der Waals surface area contributed by atoms with Crippen LogP contribution in [0.3, 0.4) is 0 Å². The Morgan fingerprint density at radius 3 is 2.68 bits per heavy atom. The molecular formula is C20H13BrN2O2.